The smallest absolute Gasteiger partial charge is 0.254 e. The molecular formula is C30H43N7O3. The Balaban J connectivity index is 0.000000222. The minimum Gasteiger partial charge on any atom is -0.397 e. The largest absolute Gasteiger partial charge is 0.397 e. The minimum absolute atomic E-state index is 0.130. The molecule has 1 amide bonds. The lowest BCUT2D eigenvalue weighted by atomic mass is 9.66. The molecule has 1 aromatic heterocycles. The number of piperazine rings is 1. The van der Waals surface area contributed by atoms with Crippen LogP contribution in [0.1, 0.15) is 49.4 Å². The minimum atomic E-state index is -0.876. The summed E-state index contributed by atoms with van der Waals surface area (Å²) in [5.74, 6) is 0. The summed E-state index contributed by atoms with van der Waals surface area (Å²) in [4.78, 5) is 35.7. The van der Waals surface area contributed by atoms with Crippen LogP contribution in [0.5, 0.6) is 0 Å². The van der Waals surface area contributed by atoms with E-state index in [9.17, 15) is 14.7 Å². The fourth-order valence-electron chi connectivity index (χ4n) is 6.36. The molecule has 4 N–H and O–H groups in total. The predicted octanol–water partition coefficient (Wildman–Crippen LogP) is 1.66. The van der Waals surface area contributed by atoms with E-state index in [1.165, 1.54) is 22.5 Å². The number of carbonyl (C=O) groups is 1. The zero-order valence-electron chi connectivity index (χ0n) is 23.7. The maximum atomic E-state index is 12.6. The molecule has 2 atom stereocenters. The molecule has 40 heavy (non-hydrogen) atoms. The first-order valence-corrected chi connectivity index (χ1v) is 14.1. The van der Waals surface area contributed by atoms with Gasteiger partial charge in [-0.3, -0.25) is 19.1 Å². The number of allylic oxidation sites excluding steroid dienone is 1. The van der Waals surface area contributed by atoms with Gasteiger partial charge in [0.2, 0.25) is 6.41 Å². The van der Waals surface area contributed by atoms with Gasteiger partial charge in [-0.2, -0.15) is 0 Å². The number of nitrogens with two attached hydrogens (primary N) is 1. The summed E-state index contributed by atoms with van der Waals surface area (Å²) < 4.78 is 1.52. The van der Waals surface area contributed by atoms with Crippen molar-refractivity contribution in [2.75, 3.05) is 46.8 Å². The molecule has 0 bridgehead atoms. The normalized spacial score (nSPS) is 25.1. The van der Waals surface area contributed by atoms with Crippen molar-refractivity contribution in [3.05, 3.63) is 70.4 Å². The van der Waals surface area contributed by atoms with Gasteiger partial charge in [0.1, 0.15) is 0 Å². The van der Waals surface area contributed by atoms with Gasteiger partial charge in [-0.25, -0.2) is 4.98 Å². The van der Waals surface area contributed by atoms with Crippen molar-refractivity contribution in [2.45, 2.75) is 50.3 Å². The van der Waals surface area contributed by atoms with Crippen molar-refractivity contribution in [3.8, 4) is 0 Å². The number of hydrogen-bond acceptors (Lipinski definition) is 8. The van der Waals surface area contributed by atoms with E-state index in [2.05, 4.69) is 39.4 Å². The van der Waals surface area contributed by atoms with Gasteiger partial charge < -0.3 is 26.0 Å². The van der Waals surface area contributed by atoms with Crippen molar-refractivity contribution in [2.24, 2.45) is 16.1 Å². The molecular weight excluding hydrogens is 506 g/mol. The maximum absolute atomic E-state index is 12.6. The Morgan fingerprint density at radius 3 is 2.65 bits per heavy atom. The third kappa shape index (κ3) is 6.68. The van der Waals surface area contributed by atoms with Gasteiger partial charge in [-0.15, -0.1) is 0 Å². The Morgan fingerprint density at radius 1 is 1.23 bits per heavy atom. The number of aliphatic imine (C=N–C) groups is 1. The number of nitrogens with one attached hydrogen (secondary N) is 1. The maximum Gasteiger partial charge on any atom is 0.254 e. The van der Waals surface area contributed by atoms with Crippen LogP contribution >= 0.6 is 0 Å². The highest BCUT2D eigenvalue weighted by atomic mass is 16.3. The molecule has 216 valence electrons. The van der Waals surface area contributed by atoms with Crippen LogP contribution in [0.3, 0.4) is 0 Å². The molecule has 3 heterocycles. The lowest BCUT2D eigenvalue weighted by Gasteiger charge is -2.51. The van der Waals surface area contributed by atoms with Gasteiger partial charge in [0.25, 0.3) is 5.56 Å². The van der Waals surface area contributed by atoms with Gasteiger partial charge in [-0.05, 0) is 37.9 Å². The number of aliphatic hydroxyl groups is 1. The zero-order chi connectivity index (χ0) is 28.6. The molecule has 0 radical (unpaired) electrons. The Hall–Kier alpha value is -3.34. The quantitative estimate of drug-likeness (QED) is 0.369. The van der Waals surface area contributed by atoms with Crippen LogP contribution in [-0.4, -0.2) is 89.5 Å². The fourth-order valence-corrected chi connectivity index (χ4v) is 6.36. The first-order chi connectivity index (χ1) is 19.3. The molecule has 2 aliphatic heterocycles. The molecule has 3 fully saturated rings. The van der Waals surface area contributed by atoms with E-state index in [-0.39, 0.29) is 23.6 Å². The first kappa shape index (κ1) is 29.6. The fraction of sp³-hybridized carbons (Fsp3) is 0.533. The van der Waals surface area contributed by atoms with Crippen LogP contribution < -0.4 is 16.6 Å². The van der Waals surface area contributed by atoms with Crippen molar-refractivity contribution >= 4 is 18.3 Å². The second-order valence-corrected chi connectivity index (χ2v) is 11.3. The number of likely N-dealkylation sites (tertiary alicyclic amines) is 1. The average Bonchev–Trinajstić information content (AvgIpc) is 3.45. The highest BCUT2D eigenvalue weighted by Crippen LogP contribution is 2.51. The van der Waals surface area contributed by atoms with E-state index in [1.54, 1.807) is 19.3 Å². The third-order valence-electron chi connectivity index (χ3n) is 8.64. The molecule has 5 rings (SSSR count). The second-order valence-electron chi connectivity index (χ2n) is 11.3. The average molecular weight is 550 g/mol. The van der Waals surface area contributed by atoms with E-state index in [4.69, 9.17) is 5.73 Å². The van der Waals surface area contributed by atoms with Crippen LogP contribution in [0.15, 0.2) is 58.6 Å². The molecule has 1 aliphatic carbocycles. The number of piperidine rings is 1. The molecule has 2 saturated heterocycles. The number of amides is 1. The summed E-state index contributed by atoms with van der Waals surface area (Å²) in [6.45, 7) is 4.54. The Kier molecular flexibility index (Phi) is 9.89. The summed E-state index contributed by atoms with van der Waals surface area (Å²) in [5, 5.41) is 14.8. The summed E-state index contributed by atoms with van der Waals surface area (Å²) in [7, 11) is 3.76. The lowest BCUT2D eigenvalue weighted by Crippen LogP contribution is -2.60. The predicted molar refractivity (Wildman–Crippen MR) is 158 cm³/mol. The first-order valence-electron chi connectivity index (χ1n) is 14.1. The summed E-state index contributed by atoms with van der Waals surface area (Å²) in [5.41, 5.74) is 6.75. The van der Waals surface area contributed by atoms with Gasteiger partial charge in [0.05, 0.1) is 35.9 Å². The monoisotopic (exact) mass is 549 g/mol. The molecule has 10 nitrogen and oxygen atoms in total. The summed E-state index contributed by atoms with van der Waals surface area (Å²) in [6, 6.07) is 11.8. The van der Waals surface area contributed by atoms with Crippen LogP contribution in [0.4, 0.5) is 0 Å². The van der Waals surface area contributed by atoms with E-state index < -0.39 is 5.60 Å². The van der Waals surface area contributed by atoms with Gasteiger partial charge >= 0.3 is 0 Å². The summed E-state index contributed by atoms with van der Waals surface area (Å²) in [6.07, 6.45) is 10.6. The van der Waals surface area contributed by atoms with Gasteiger partial charge in [0, 0.05) is 57.5 Å². The third-order valence-corrected chi connectivity index (χ3v) is 8.64. The SMILES string of the molecule is CN=C/C=C(\N)c1cc(=O)n(CC2(O)CCN(C)CC23CCCC3)cn1.O=CN1CCNCC1c1ccccc1. The zero-order valence-corrected chi connectivity index (χ0v) is 23.7. The Morgan fingerprint density at radius 2 is 1.98 bits per heavy atom. The number of nitrogens with zero attached hydrogens (tertiary/aromatic N) is 5. The van der Waals surface area contributed by atoms with Gasteiger partial charge in [-0.1, -0.05) is 43.2 Å². The van der Waals surface area contributed by atoms with E-state index in [0.29, 0.717) is 17.8 Å². The Labute approximate surface area is 236 Å². The van der Waals surface area contributed by atoms with Crippen LogP contribution in [0, 0.1) is 5.41 Å². The number of benzene rings is 1. The van der Waals surface area contributed by atoms with Gasteiger partial charge in [0.15, 0.2) is 0 Å². The standard InChI is InChI=1S/C19H29N5O2.C11H14N2O/c1-21-9-5-15(20)16-11-17(25)24(14-22-16)13-19(26)8-10-23(2)12-18(19)6-3-4-7-18;14-9-13-7-6-12-8-11(13)10-4-2-1-3-5-10/h5,9,11,14,26H,3-4,6-8,10,12-13,20H2,1-2H3;1-5,9,11-12H,6-8H2/b15-5-,21-9?;. The number of carbonyl (C=O) groups excluding carboxylic acids is 1. The number of rotatable bonds is 6. The second kappa shape index (κ2) is 13.3. The highest BCUT2D eigenvalue weighted by molar-refractivity contribution is 5.82. The van der Waals surface area contributed by atoms with Crippen LogP contribution in [0.25, 0.3) is 5.70 Å². The molecule has 2 unspecified atom stereocenters. The molecule has 3 aliphatic rings. The van der Waals surface area contributed by atoms with Crippen molar-refractivity contribution in [3.63, 3.8) is 0 Å². The number of aromatic nitrogens is 2. The van der Waals surface area contributed by atoms with E-state index in [0.717, 1.165) is 64.8 Å². The van der Waals surface area contributed by atoms with Crippen molar-refractivity contribution in [1.29, 1.82) is 0 Å². The Bertz CT molecular complexity index is 1240. The van der Waals surface area contributed by atoms with Crippen LogP contribution in [-0.2, 0) is 11.3 Å². The molecule has 1 aromatic carbocycles. The van der Waals surface area contributed by atoms with Crippen LogP contribution in [0.2, 0.25) is 0 Å². The molecule has 1 saturated carbocycles. The molecule has 2 aromatic rings. The summed E-state index contributed by atoms with van der Waals surface area (Å²) >= 11 is 0. The lowest BCUT2D eigenvalue weighted by molar-refractivity contribution is -0.139. The van der Waals surface area contributed by atoms with Crippen molar-refractivity contribution in [1.82, 2.24) is 24.7 Å². The topological polar surface area (TPSA) is 129 Å². The van der Waals surface area contributed by atoms with E-state index >= 15 is 0 Å². The molecule has 10 heteroatoms. The highest BCUT2D eigenvalue weighted by Gasteiger charge is 2.54. The molecule has 1 spiro atoms. The van der Waals surface area contributed by atoms with Crippen molar-refractivity contribution < 1.29 is 9.90 Å². The number of hydrogen-bond donors (Lipinski definition) is 3. The van der Waals surface area contributed by atoms with E-state index in [1.807, 2.05) is 23.1 Å².